The molecule has 0 saturated heterocycles. The lowest BCUT2D eigenvalue weighted by Crippen LogP contribution is -2.33. The third-order valence-corrected chi connectivity index (χ3v) is 3.40. The Morgan fingerprint density at radius 3 is 3.00 bits per heavy atom. The molecule has 0 fully saturated rings. The summed E-state index contributed by atoms with van der Waals surface area (Å²) >= 11 is 0. The first kappa shape index (κ1) is 13.9. The minimum atomic E-state index is -0.707. The zero-order chi connectivity index (χ0) is 15.1. The molecule has 0 spiro atoms. The molecular formula is C11H16N6O4. The summed E-state index contributed by atoms with van der Waals surface area (Å²) in [6.07, 6.45) is -1.80. The van der Waals surface area contributed by atoms with E-state index in [0.29, 0.717) is 11.2 Å². The van der Waals surface area contributed by atoms with Gasteiger partial charge in [-0.05, 0) is 13.8 Å². The summed E-state index contributed by atoms with van der Waals surface area (Å²) < 4.78 is 8.60. The van der Waals surface area contributed by atoms with Gasteiger partial charge in [-0.25, -0.2) is 19.5 Å². The third kappa shape index (κ3) is 2.17. The van der Waals surface area contributed by atoms with E-state index in [2.05, 4.69) is 20.8 Å². The quantitative estimate of drug-likeness (QED) is 0.711. The van der Waals surface area contributed by atoms with Crippen LogP contribution in [0.5, 0.6) is 0 Å². The van der Waals surface area contributed by atoms with Crippen LogP contribution in [0.25, 0.3) is 11.2 Å². The largest absolute Gasteiger partial charge is 0.391 e. The van der Waals surface area contributed by atoms with E-state index in [4.69, 9.17) is 9.57 Å². The van der Waals surface area contributed by atoms with Crippen LogP contribution in [0.1, 0.15) is 20.1 Å². The third-order valence-electron chi connectivity index (χ3n) is 3.40. The Balaban J connectivity index is 2.25. The molecule has 1 aliphatic heterocycles. The number of ether oxygens (including phenoxy) is 1. The van der Waals surface area contributed by atoms with E-state index in [9.17, 15) is 9.90 Å². The number of hydrogen-bond donors (Lipinski definition) is 2. The molecule has 10 nitrogen and oxygen atoms in total. The van der Waals surface area contributed by atoms with Crippen LogP contribution in [0, 0.1) is 0 Å². The molecule has 3 atom stereocenters. The monoisotopic (exact) mass is 296 g/mol. The summed E-state index contributed by atoms with van der Waals surface area (Å²) in [7, 11) is 1.41. The van der Waals surface area contributed by atoms with Crippen LogP contribution in [0.4, 0.5) is 5.82 Å². The van der Waals surface area contributed by atoms with Gasteiger partial charge in [-0.1, -0.05) is 5.21 Å². The second kappa shape index (κ2) is 5.06. The van der Waals surface area contributed by atoms with Crippen LogP contribution < -0.4 is 11.2 Å². The van der Waals surface area contributed by atoms with Crippen molar-refractivity contribution in [2.24, 2.45) is 0 Å². The minimum Gasteiger partial charge on any atom is -0.391 e. The van der Waals surface area contributed by atoms with Crippen LogP contribution in [-0.4, -0.2) is 49.0 Å². The average molecular weight is 296 g/mol. The first-order valence-electron chi connectivity index (χ1n) is 6.51. The Morgan fingerprint density at radius 1 is 1.57 bits per heavy atom. The van der Waals surface area contributed by atoms with Crippen molar-refractivity contribution in [1.29, 1.82) is 0 Å². The number of anilines is 1. The molecular weight excluding hydrogens is 280 g/mol. The van der Waals surface area contributed by atoms with E-state index in [1.54, 1.807) is 13.8 Å². The van der Waals surface area contributed by atoms with E-state index in [0.717, 1.165) is 0 Å². The van der Waals surface area contributed by atoms with Crippen molar-refractivity contribution in [3.63, 3.8) is 0 Å². The number of aliphatic hydroxyl groups excluding tert-OH is 1. The van der Waals surface area contributed by atoms with Crippen molar-refractivity contribution in [1.82, 2.24) is 24.5 Å². The molecule has 114 valence electrons. The summed E-state index contributed by atoms with van der Waals surface area (Å²) in [6.45, 7) is 3.62. The van der Waals surface area contributed by atoms with Crippen molar-refractivity contribution in [2.45, 2.75) is 38.8 Å². The first-order chi connectivity index (χ1) is 10.0. The van der Waals surface area contributed by atoms with Crippen LogP contribution in [0.3, 0.4) is 0 Å². The molecule has 0 aliphatic carbocycles. The maximum atomic E-state index is 12.2. The molecule has 3 heterocycles. The Kier molecular flexibility index (Phi) is 3.35. The normalized spacial score (nSPS) is 23.0. The molecule has 0 radical (unpaired) electrons. The predicted molar refractivity (Wildman–Crippen MR) is 71.5 cm³/mol. The smallest absolute Gasteiger partial charge is 0.353 e. The lowest BCUT2D eigenvalue weighted by molar-refractivity contribution is -0.0941. The number of rotatable bonds is 3. The fraction of sp³-hybridized carbons (Fsp3) is 0.636. The van der Waals surface area contributed by atoms with E-state index >= 15 is 0 Å². The van der Waals surface area contributed by atoms with Crippen molar-refractivity contribution < 1.29 is 14.7 Å². The number of nitrogens with zero attached hydrogens (tertiary/aromatic N) is 5. The molecule has 0 bridgehead atoms. The Morgan fingerprint density at radius 2 is 2.33 bits per heavy atom. The predicted octanol–water partition coefficient (Wildman–Crippen LogP) is -0.741. The van der Waals surface area contributed by atoms with Gasteiger partial charge in [0.1, 0.15) is 12.3 Å². The number of hydrogen-bond acceptors (Lipinski definition) is 8. The highest BCUT2D eigenvalue weighted by Gasteiger charge is 2.30. The Bertz CT molecular complexity index is 723. The second-order valence-corrected chi connectivity index (χ2v) is 4.88. The highest BCUT2D eigenvalue weighted by molar-refractivity contribution is 5.82. The maximum absolute atomic E-state index is 12.2. The Labute approximate surface area is 119 Å². The summed E-state index contributed by atoms with van der Waals surface area (Å²) in [4.78, 5) is 20.9. The second-order valence-electron chi connectivity index (χ2n) is 4.88. The molecule has 2 N–H and O–H groups in total. The van der Waals surface area contributed by atoms with Crippen molar-refractivity contribution in [3.8, 4) is 0 Å². The van der Waals surface area contributed by atoms with Gasteiger partial charge in [-0.3, -0.25) is 4.84 Å². The lowest BCUT2D eigenvalue weighted by atomic mass is 10.2. The fourth-order valence-corrected chi connectivity index (χ4v) is 2.40. The van der Waals surface area contributed by atoms with Gasteiger partial charge in [-0.15, -0.1) is 5.10 Å². The van der Waals surface area contributed by atoms with Crippen LogP contribution in [0.2, 0.25) is 0 Å². The zero-order valence-electron chi connectivity index (χ0n) is 11.8. The van der Waals surface area contributed by atoms with Gasteiger partial charge >= 0.3 is 5.69 Å². The van der Waals surface area contributed by atoms with Gasteiger partial charge in [0.25, 0.3) is 0 Å². The van der Waals surface area contributed by atoms with Crippen molar-refractivity contribution in [2.75, 3.05) is 12.6 Å². The van der Waals surface area contributed by atoms with Crippen LogP contribution in [0.15, 0.2) is 4.79 Å². The first-order valence-corrected chi connectivity index (χ1v) is 6.51. The number of nitrogens with one attached hydrogen (secondary N) is 1. The van der Waals surface area contributed by atoms with Gasteiger partial charge in [0.15, 0.2) is 17.0 Å². The standard InChI is InChI=1S/C11H16N6O4/c1-5(18)7-4-16-10-8(13-15-16)9(14-20-3)12-11(19)17(10)6(2)21-7/h5-7,18H,4H2,1-3H3,(H,12,14,19)/t5?,6-,7-/m1/s1. The molecule has 1 unspecified atom stereocenters. The van der Waals surface area contributed by atoms with Gasteiger partial charge in [0.05, 0.1) is 19.8 Å². The number of aliphatic hydroxyl groups is 1. The highest BCUT2D eigenvalue weighted by Crippen LogP contribution is 2.25. The van der Waals surface area contributed by atoms with Gasteiger partial charge in [-0.2, -0.15) is 4.98 Å². The molecule has 21 heavy (non-hydrogen) atoms. The van der Waals surface area contributed by atoms with Gasteiger partial charge in [0, 0.05) is 0 Å². The van der Waals surface area contributed by atoms with Gasteiger partial charge in [0.2, 0.25) is 0 Å². The zero-order valence-corrected chi connectivity index (χ0v) is 11.8. The average Bonchev–Trinajstić information content (AvgIpc) is 2.75. The van der Waals surface area contributed by atoms with E-state index in [-0.39, 0.29) is 12.4 Å². The molecule has 1 aliphatic rings. The summed E-state index contributed by atoms with van der Waals surface area (Å²) in [6, 6.07) is 0. The summed E-state index contributed by atoms with van der Waals surface area (Å²) in [5.74, 6) is 0.197. The van der Waals surface area contributed by atoms with Crippen LogP contribution >= 0.6 is 0 Å². The van der Waals surface area contributed by atoms with Crippen LogP contribution in [-0.2, 0) is 16.1 Å². The van der Waals surface area contributed by atoms with Crippen molar-refractivity contribution in [3.05, 3.63) is 10.5 Å². The topological polar surface area (TPSA) is 116 Å². The fourth-order valence-electron chi connectivity index (χ4n) is 2.40. The van der Waals surface area contributed by atoms with E-state index in [1.807, 2.05) is 0 Å². The number of aromatic nitrogens is 5. The maximum Gasteiger partial charge on any atom is 0.353 e. The van der Waals surface area contributed by atoms with E-state index < -0.39 is 24.1 Å². The molecule has 0 amide bonds. The lowest BCUT2D eigenvalue weighted by Gasteiger charge is -2.21. The van der Waals surface area contributed by atoms with E-state index in [1.165, 1.54) is 16.4 Å². The molecule has 10 heteroatoms. The summed E-state index contributed by atoms with van der Waals surface area (Å²) in [5.41, 5.74) is 2.89. The highest BCUT2D eigenvalue weighted by atomic mass is 16.6. The Hall–Kier alpha value is -2.04. The minimum absolute atomic E-state index is 0.197. The molecule has 2 aromatic heterocycles. The van der Waals surface area contributed by atoms with Crippen molar-refractivity contribution >= 4 is 17.0 Å². The summed E-state index contributed by atoms with van der Waals surface area (Å²) in [5, 5.41) is 17.8. The van der Waals surface area contributed by atoms with Gasteiger partial charge < -0.3 is 9.84 Å². The molecule has 0 saturated carbocycles. The SMILES string of the molecule is CONc1nc(=O)n2c3c1nnn3C[C@H](C(C)O)O[C@@H]2C. The molecule has 0 aromatic carbocycles. The molecule has 3 rings (SSSR count). The molecule has 2 aromatic rings.